The molecule has 4 aromatic rings. The Morgan fingerprint density at radius 1 is 1.00 bits per heavy atom. The van der Waals surface area contributed by atoms with Crippen molar-refractivity contribution in [3.8, 4) is 22.8 Å². The molecule has 0 aliphatic carbocycles. The first-order chi connectivity index (χ1) is 11.3. The van der Waals surface area contributed by atoms with Crippen LogP contribution in [0.3, 0.4) is 0 Å². The number of para-hydroxylation sites is 1. The number of benzene rings is 2. The van der Waals surface area contributed by atoms with Crippen molar-refractivity contribution in [3.05, 3.63) is 66.4 Å². The first kappa shape index (κ1) is 13.8. The van der Waals surface area contributed by atoms with Gasteiger partial charge < -0.3 is 9.40 Å². The zero-order valence-electron chi connectivity index (χ0n) is 13.0. The third-order valence-electron chi connectivity index (χ3n) is 3.99. The average molecular weight is 302 g/mol. The molecule has 3 heteroatoms. The van der Waals surface area contributed by atoms with Crippen LogP contribution in [0.2, 0.25) is 0 Å². The Labute approximate surface area is 135 Å². The van der Waals surface area contributed by atoms with Crippen molar-refractivity contribution < 1.29 is 4.42 Å². The van der Waals surface area contributed by atoms with Gasteiger partial charge in [-0.2, -0.15) is 0 Å². The van der Waals surface area contributed by atoms with Crippen LogP contribution in [0.5, 0.6) is 0 Å². The Bertz CT molecular complexity index is 902. The minimum absolute atomic E-state index is 0.783. The molecule has 1 N–H and O–H groups in total. The molecule has 23 heavy (non-hydrogen) atoms. The number of aryl methyl sites for hydroxylation is 1. The quantitative estimate of drug-likeness (QED) is 0.545. The van der Waals surface area contributed by atoms with E-state index in [1.54, 1.807) is 0 Å². The van der Waals surface area contributed by atoms with Gasteiger partial charge in [0.25, 0.3) is 0 Å². The second kappa shape index (κ2) is 5.76. The SMILES string of the molecule is CCCc1nc(-c2cc3ccccc3o2)[nH]c1-c1ccccc1. The van der Waals surface area contributed by atoms with Crippen LogP contribution in [-0.2, 0) is 6.42 Å². The topological polar surface area (TPSA) is 41.8 Å². The number of rotatable bonds is 4. The fourth-order valence-electron chi connectivity index (χ4n) is 2.89. The molecule has 0 aliphatic heterocycles. The van der Waals surface area contributed by atoms with Crippen LogP contribution in [0, 0.1) is 0 Å². The molecule has 0 radical (unpaired) electrons. The second-order valence-electron chi connectivity index (χ2n) is 5.67. The maximum absolute atomic E-state index is 5.94. The highest BCUT2D eigenvalue weighted by Gasteiger charge is 2.15. The van der Waals surface area contributed by atoms with Crippen molar-refractivity contribution in [2.24, 2.45) is 0 Å². The van der Waals surface area contributed by atoms with Gasteiger partial charge in [0.2, 0.25) is 0 Å². The maximum Gasteiger partial charge on any atom is 0.174 e. The largest absolute Gasteiger partial charge is 0.453 e. The van der Waals surface area contributed by atoms with Crippen LogP contribution in [0.4, 0.5) is 0 Å². The lowest BCUT2D eigenvalue weighted by Crippen LogP contribution is -1.87. The molecule has 0 atom stereocenters. The van der Waals surface area contributed by atoms with E-state index in [9.17, 15) is 0 Å². The third-order valence-corrected chi connectivity index (χ3v) is 3.99. The zero-order chi connectivity index (χ0) is 15.6. The van der Waals surface area contributed by atoms with Crippen molar-refractivity contribution in [1.82, 2.24) is 9.97 Å². The first-order valence-corrected chi connectivity index (χ1v) is 7.98. The molecule has 2 aromatic heterocycles. The lowest BCUT2D eigenvalue weighted by molar-refractivity contribution is 0.626. The Kier molecular flexibility index (Phi) is 3.46. The van der Waals surface area contributed by atoms with Gasteiger partial charge in [-0.15, -0.1) is 0 Å². The van der Waals surface area contributed by atoms with Gasteiger partial charge in [-0.3, -0.25) is 0 Å². The summed E-state index contributed by atoms with van der Waals surface area (Å²) in [4.78, 5) is 8.25. The highest BCUT2D eigenvalue weighted by Crippen LogP contribution is 2.30. The Balaban J connectivity index is 1.83. The van der Waals surface area contributed by atoms with E-state index in [4.69, 9.17) is 9.40 Å². The van der Waals surface area contributed by atoms with Gasteiger partial charge in [0.05, 0.1) is 11.4 Å². The molecule has 0 bridgehead atoms. The van der Waals surface area contributed by atoms with Crippen molar-refractivity contribution in [2.45, 2.75) is 19.8 Å². The maximum atomic E-state index is 5.94. The minimum atomic E-state index is 0.783. The lowest BCUT2D eigenvalue weighted by atomic mass is 10.1. The Hall–Kier alpha value is -2.81. The van der Waals surface area contributed by atoms with Gasteiger partial charge in [-0.25, -0.2) is 4.98 Å². The normalized spacial score (nSPS) is 11.2. The lowest BCUT2D eigenvalue weighted by Gasteiger charge is -2.00. The van der Waals surface area contributed by atoms with Crippen molar-refractivity contribution in [1.29, 1.82) is 0 Å². The number of furan rings is 1. The molecule has 0 unspecified atom stereocenters. The summed E-state index contributed by atoms with van der Waals surface area (Å²) in [5.74, 6) is 1.58. The number of hydrogen-bond donors (Lipinski definition) is 1. The van der Waals surface area contributed by atoms with Crippen molar-refractivity contribution in [3.63, 3.8) is 0 Å². The average Bonchev–Trinajstić information content (AvgIpc) is 3.20. The number of aromatic nitrogens is 2. The van der Waals surface area contributed by atoms with E-state index in [0.717, 1.165) is 52.3 Å². The number of nitrogens with zero attached hydrogens (tertiary/aromatic N) is 1. The van der Waals surface area contributed by atoms with Crippen LogP contribution in [0.15, 0.2) is 65.1 Å². The summed E-state index contributed by atoms with van der Waals surface area (Å²) < 4.78 is 5.94. The van der Waals surface area contributed by atoms with E-state index in [-0.39, 0.29) is 0 Å². The highest BCUT2D eigenvalue weighted by atomic mass is 16.3. The number of aromatic amines is 1. The van der Waals surface area contributed by atoms with E-state index in [1.807, 2.05) is 42.5 Å². The van der Waals surface area contributed by atoms with Crippen LogP contribution >= 0.6 is 0 Å². The molecule has 0 spiro atoms. The molecular formula is C20H18N2O. The van der Waals surface area contributed by atoms with Gasteiger partial charge in [-0.1, -0.05) is 61.9 Å². The highest BCUT2D eigenvalue weighted by molar-refractivity contribution is 5.82. The molecule has 4 rings (SSSR count). The predicted molar refractivity (Wildman–Crippen MR) is 93.2 cm³/mol. The van der Waals surface area contributed by atoms with E-state index in [1.165, 1.54) is 0 Å². The van der Waals surface area contributed by atoms with Gasteiger partial charge >= 0.3 is 0 Å². The number of H-pyrrole nitrogens is 1. The Morgan fingerprint density at radius 2 is 1.78 bits per heavy atom. The predicted octanol–water partition coefficient (Wildman–Crippen LogP) is 5.44. The van der Waals surface area contributed by atoms with Crippen molar-refractivity contribution >= 4 is 11.0 Å². The molecule has 2 aromatic carbocycles. The Morgan fingerprint density at radius 3 is 2.57 bits per heavy atom. The summed E-state index contributed by atoms with van der Waals surface area (Å²) in [7, 11) is 0. The van der Waals surface area contributed by atoms with Crippen molar-refractivity contribution in [2.75, 3.05) is 0 Å². The van der Waals surface area contributed by atoms with Crippen LogP contribution in [-0.4, -0.2) is 9.97 Å². The van der Waals surface area contributed by atoms with Gasteiger partial charge in [0.15, 0.2) is 11.6 Å². The van der Waals surface area contributed by atoms with E-state index in [0.29, 0.717) is 0 Å². The number of imidazole rings is 1. The molecule has 2 heterocycles. The third kappa shape index (κ3) is 2.55. The summed E-state index contributed by atoms with van der Waals surface area (Å²) in [5.41, 5.74) is 4.22. The van der Waals surface area contributed by atoms with Gasteiger partial charge in [-0.05, 0) is 24.1 Å². The molecule has 0 amide bonds. The second-order valence-corrected chi connectivity index (χ2v) is 5.67. The summed E-state index contributed by atoms with van der Waals surface area (Å²) >= 11 is 0. The van der Waals surface area contributed by atoms with E-state index >= 15 is 0 Å². The fourth-order valence-corrected chi connectivity index (χ4v) is 2.89. The smallest absolute Gasteiger partial charge is 0.174 e. The molecule has 0 saturated heterocycles. The summed E-state index contributed by atoms with van der Waals surface area (Å²) in [5, 5.41) is 1.09. The van der Waals surface area contributed by atoms with E-state index in [2.05, 4.69) is 30.1 Å². The van der Waals surface area contributed by atoms with Crippen LogP contribution in [0.25, 0.3) is 33.8 Å². The molecule has 0 aliphatic rings. The first-order valence-electron chi connectivity index (χ1n) is 7.98. The van der Waals surface area contributed by atoms with Gasteiger partial charge in [0, 0.05) is 5.39 Å². The summed E-state index contributed by atoms with van der Waals surface area (Å²) in [6.45, 7) is 2.17. The molecule has 0 fully saturated rings. The van der Waals surface area contributed by atoms with Crippen LogP contribution < -0.4 is 0 Å². The molecule has 114 valence electrons. The van der Waals surface area contributed by atoms with Crippen LogP contribution in [0.1, 0.15) is 19.0 Å². The minimum Gasteiger partial charge on any atom is -0.453 e. The monoisotopic (exact) mass is 302 g/mol. The van der Waals surface area contributed by atoms with Gasteiger partial charge in [0.1, 0.15) is 5.58 Å². The number of hydrogen-bond acceptors (Lipinski definition) is 2. The fraction of sp³-hybridized carbons (Fsp3) is 0.150. The standard InChI is InChI=1S/C20H18N2O/c1-2-8-16-19(14-9-4-3-5-10-14)22-20(21-16)18-13-15-11-6-7-12-17(15)23-18/h3-7,9-13H,2,8H2,1H3,(H,21,22). The summed E-state index contributed by atoms with van der Waals surface area (Å²) in [6, 6.07) is 20.4. The van der Waals surface area contributed by atoms with E-state index < -0.39 is 0 Å². The number of nitrogens with one attached hydrogen (secondary N) is 1. The molecular weight excluding hydrogens is 284 g/mol. The summed E-state index contributed by atoms with van der Waals surface area (Å²) in [6.07, 6.45) is 2.01. The molecule has 3 nitrogen and oxygen atoms in total. The molecule has 0 saturated carbocycles. The number of fused-ring (bicyclic) bond motifs is 1. The zero-order valence-corrected chi connectivity index (χ0v) is 13.0.